The number of aromatic nitrogens is 4. The summed E-state index contributed by atoms with van der Waals surface area (Å²) in [6, 6.07) is 0. The van der Waals surface area contributed by atoms with Crippen molar-refractivity contribution in [3.8, 4) is 0 Å². The van der Waals surface area contributed by atoms with Gasteiger partial charge < -0.3 is 5.73 Å². The molecule has 0 saturated heterocycles. The van der Waals surface area contributed by atoms with Crippen LogP contribution >= 0.6 is 22.6 Å². The van der Waals surface area contributed by atoms with Gasteiger partial charge in [-0.2, -0.15) is 5.10 Å². The number of nitrogen functional groups attached to an aromatic ring is 1. The second kappa shape index (κ2) is 3.09. The van der Waals surface area contributed by atoms with Crippen molar-refractivity contribution in [1.82, 2.24) is 19.7 Å². The Morgan fingerprint density at radius 1 is 1.54 bits per heavy atom. The maximum atomic E-state index is 5.70. The molecule has 0 fully saturated rings. The highest BCUT2D eigenvalue weighted by Crippen LogP contribution is 2.21. The Morgan fingerprint density at radius 3 is 3.00 bits per heavy atom. The molecule has 2 aromatic heterocycles. The zero-order valence-corrected chi connectivity index (χ0v) is 8.89. The summed E-state index contributed by atoms with van der Waals surface area (Å²) in [5.41, 5.74) is 6.44. The minimum absolute atomic E-state index is 0.467. The van der Waals surface area contributed by atoms with Gasteiger partial charge in [0.2, 0.25) is 0 Å². The largest absolute Gasteiger partial charge is 0.383 e. The van der Waals surface area contributed by atoms with Gasteiger partial charge in [-0.1, -0.05) is 0 Å². The lowest BCUT2D eigenvalue weighted by Crippen LogP contribution is -1.98. The summed E-state index contributed by atoms with van der Waals surface area (Å²) in [5, 5.41) is 5.04. The van der Waals surface area contributed by atoms with Crippen LogP contribution in [0.2, 0.25) is 0 Å². The molecule has 0 amide bonds. The zero-order valence-electron chi connectivity index (χ0n) is 6.74. The fourth-order valence-corrected chi connectivity index (χ4v) is 1.92. The number of fused-ring (bicyclic) bond motifs is 1. The normalized spacial score (nSPS) is 10.9. The highest BCUT2D eigenvalue weighted by atomic mass is 127. The molecule has 2 N–H and O–H groups in total. The van der Waals surface area contributed by atoms with E-state index in [-0.39, 0.29) is 0 Å². The minimum atomic E-state index is 0.467. The van der Waals surface area contributed by atoms with Gasteiger partial charge in [0, 0.05) is 6.54 Å². The van der Waals surface area contributed by atoms with Crippen molar-refractivity contribution < 1.29 is 0 Å². The molecule has 0 spiro atoms. The summed E-state index contributed by atoms with van der Waals surface area (Å²) >= 11 is 2.11. The Morgan fingerprint density at radius 2 is 2.31 bits per heavy atom. The number of hydrogen-bond acceptors (Lipinski definition) is 4. The number of halogens is 1. The summed E-state index contributed by atoms with van der Waals surface area (Å²) in [4.78, 5) is 8.00. The first-order valence-corrected chi connectivity index (χ1v) is 4.73. The zero-order chi connectivity index (χ0) is 9.42. The monoisotopic (exact) mass is 288 g/mol. The number of nitrogens with two attached hydrogens (primary N) is 1. The molecule has 0 aromatic carbocycles. The van der Waals surface area contributed by atoms with Crippen LogP contribution in [0.3, 0.4) is 0 Å². The standard InChI is InChI=1S/C7H7IN5/c1-2-13-7-4(5(8)12-13)6(9)10-3-11-7/h3H,1-2H2,(H2,9,10,11). The first-order chi connectivity index (χ1) is 6.24. The van der Waals surface area contributed by atoms with Crippen molar-refractivity contribution in [2.24, 2.45) is 0 Å². The van der Waals surface area contributed by atoms with E-state index in [0.717, 1.165) is 14.7 Å². The summed E-state index contributed by atoms with van der Waals surface area (Å²) in [7, 11) is 0. The maximum Gasteiger partial charge on any atom is 0.164 e. The van der Waals surface area contributed by atoms with Gasteiger partial charge in [0.1, 0.15) is 15.8 Å². The molecule has 0 unspecified atom stereocenters. The molecule has 2 aromatic rings. The van der Waals surface area contributed by atoms with E-state index in [2.05, 4.69) is 44.6 Å². The first kappa shape index (κ1) is 8.67. The van der Waals surface area contributed by atoms with Crippen LogP contribution in [0.25, 0.3) is 11.0 Å². The van der Waals surface area contributed by atoms with E-state index < -0.39 is 0 Å². The number of nitrogens with zero attached hydrogens (tertiary/aromatic N) is 4. The lowest BCUT2D eigenvalue weighted by atomic mass is 10.4. The Balaban J connectivity index is 2.87. The molecule has 1 radical (unpaired) electrons. The summed E-state index contributed by atoms with van der Waals surface area (Å²) in [6.07, 6.45) is 1.43. The van der Waals surface area contributed by atoms with Crippen LogP contribution in [0.4, 0.5) is 5.82 Å². The molecule has 0 atom stereocenters. The van der Waals surface area contributed by atoms with Gasteiger partial charge in [0.25, 0.3) is 0 Å². The van der Waals surface area contributed by atoms with Gasteiger partial charge in [0.05, 0.1) is 5.39 Å². The van der Waals surface area contributed by atoms with Crippen molar-refractivity contribution >= 4 is 39.4 Å². The molecule has 2 rings (SSSR count). The Bertz CT molecular complexity index is 449. The van der Waals surface area contributed by atoms with Crippen LogP contribution in [-0.4, -0.2) is 19.7 Å². The second-order valence-electron chi connectivity index (χ2n) is 2.47. The first-order valence-electron chi connectivity index (χ1n) is 3.65. The third-order valence-electron chi connectivity index (χ3n) is 1.73. The van der Waals surface area contributed by atoms with Gasteiger partial charge in [-0.3, -0.25) is 0 Å². The Kier molecular flexibility index (Phi) is 2.06. The lowest BCUT2D eigenvalue weighted by Gasteiger charge is -1.96. The van der Waals surface area contributed by atoms with Crippen molar-refractivity contribution in [1.29, 1.82) is 0 Å². The van der Waals surface area contributed by atoms with E-state index in [1.54, 1.807) is 4.68 Å². The molecule has 0 aliphatic heterocycles. The fraction of sp³-hybridized carbons (Fsp3) is 0.143. The van der Waals surface area contributed by atoms with Gasteiger partial charge in [-0.25, -0.2) is 14.6 Å². The SMILES string of the molecule is [CH2]Cn1nc(I)c2c(N)ncnc21. The molecule has 6 heteroatoms. The highest BCUT2D eigenvalue weighted by molar-refractivity contribution is 14.1. The van der Waals surface area contributed by atoms with Crippen LogP contribution in [-0.2, 0) is 6.54 Å². The molecule has 0 aliphatic rings. The lowest BCUT2D eigenvalue weighted by molar-refractivity contribution is 0.710. The van der Waals surface area contributed by atoms with E-state index in [1.165, 1.54) is 6.33 Å². The van der Waals surface area contributed by atoms with Crippen LogP contribution in [0.5, 0.6) is 0 Å². The molecule has 0 saturated carbocycles. The minimum Gasteiger partial charge on any atom is -0.383 e. The van der Waals surface area contributed by atoms with E-state index in [0.29, 0.717) is 12.4 Å². The Hall–Kier alpha value is -0.920. The van der Waals surface area contributed by atoms with Gasteiger partial charge in [-0.15, -0.1) is 0 Å². The van der Waals surface area contributed by atoms with Crippen molar-refractivity contribution in [2.45, 2.75) is 6.54 Å². The number of hydrogen-bond donors (Lipinski definition) is 1. The molecule has 0 aliphatic carbocycles. The maximum absolute atomic E-state index is 5.70. The molecule has 0 bridgehead atoms. The second-order valence-corrected chi connectivity index (χ2v) is 3.49. The predicted octanol–water partition coefficient (Wildman–Crippen LogP) is 0.847. The average Bonchev–Trinajstić information content (AvgIpc) is 2.44. The van der Waals surface area contributed by atoms with E-state index in [1.807, 2.05) is 0 Å². The number of anilines is 1. The van der Waals surface area contributed by atoms with Crippen molar-refractivity contribution in [3.63, 3.8) is 0 Å². The smallest absolute Gasteiger partial charge is 0.164 e. The predicted molar refractivity (Wildman–Crippen MR) is 57.8 cm³/mol. The summed E-state index contributed by atoms with van der Waals surface area (Å²) in [5.74, 6) is 0.467. The average molecular weight is 288 g/mol. The van der Waals surface area contributed by atoms with Crippen molar-refractivity contribution in [3.05, 3.63) is 17.0 Å². The van der Waals surface area contributed by atoms with Gasteiger partial charge in [0.15, 0.2) is 5.65 Å². The molecular weight excluding hydrogens is 281 g/mol. The Labute approximate surface area is 88.5 Å². The van der Waals surface area contributed by atoms with Crippen LogP contribution in [0.15, 0.2) is 6.33 Å². The van der Waals surface area contributed by atoms with Crippen LogP contribution in [0.1, 0.15) is 0 Å². The summed E-state index contributed by atoms with van der Waals surface area (Å²) < 4.78 is 2.52. The van der Waals surface area contributed by atoms with Crippen LogP contribution in [0, 0.1) is 10.6 Å². The van der Waals surface area contributed by atoms with E-state index >= 15 is 0 Å². The van der Waals surface area contributed by atoms with Gasteiger partial charge in [-0.05, 0) is 29.5 Å². The fourth-order valence-electron chi connectivity index (χ4n) is 1.14. The van der Waals surface area contributed by atoms with Crippen LogP contribution < -0.4 is 5.73 Å². The van der Waals surface area contributed by atoms with E-state index in [9.17, 15) is 0 Å². The number of rotatable bonds is 1. The molecule has 13 heavy (non-hydrogen) atoms. The third kappa shape index (κ3) is 1.25. The summed E-state index contributed by atoms with van der Waals surface area (Å²) in [6.45, 7) is 4.28. The molecular formula is C7H7IN5. The van der Waals surface area contributed by atoms with E-state index in [4.69, 9.17) is 5.73 Å². The topological polar surface area (TPSA) is 69.6 Å². The highest BCUT2D eigenvalue weighted by Gasteiger charge is 2.11. The molecule has 2 heterocycles. The molecule has 67 valence electrons. The quantitative estimate of drug-likeness (QED) is 0.790. The van der Waals surface area contributed by atoms with Gasteiger partial charge >= 0.3 is 0 Å². The van der Waals surface area contributed by atoms with Crippen molar-refractivity contribution in [2.75, 3.05) is 5.73 Å². The third-order valence-corrected chi connectivity index (χ3v) is 2.48. The molecule has 5 nitrogen and oxygen atoms in total.